The molecule has 0 bridgehead atoms. The van der Waals surface area contributed by atoms with Gasteiger partial charge < -0.3 is 10.1 Å². The topological polar surface area (TPSA) is 89.5 Å². The van der Waals surface area contributed by atoms with E-state index in [1.54, 1.807) is 0 Å². The van der Waals surface area contributed by atoms with E-state index in [1.165, 1.54) is 24.3 Å². The molecule has 0 saturated carbocycles. The van der Waals surface area contributed by atoms with Crippen molar-refractivity contribution >= 4 is 21.7 Å². The first-order valence-corrected chi connectivity index (χ1v) is 9.95. The summed E-state index contributed by atoms with van der Waals surface area (Å²) in [4.78, 5) is 23.8. The predicted molar refractivity (Wildman–Crippen MR) is 97.7 cm³/mol. The molecule has 2 aromatic carbocycles. The summed E-state index contributed by atoms with van der Waals surface area (Å²) < 4.78 is 27.7. The first kappa shape index (κ1) is 19.7. The number of carbonyl (C=O) groups excluding carboxylic acids is 2. The lowest BCUT2D eigenvalue weighted by Crippen LogP contribution is -2.30. The molecule has 1 amide bonds. The molecule has 0 aliphatic heterocycles. The fourth-order valence-corrected chi connectivity index (χ4v) is 2.96. The molecule has 0 unspecified atom stereocenters. The van der Waals surface area contributed by atoms with Crippen molar-refractivity contribution in [2.24, 2.45) is 0 Å². The number of amides is 1. The zero-order chi connectivity index (χ0) is 19.2. The molecule has 0 aliphatic carbocycles. The van der Waals surface area contributed by atoms with E-state index in [1.807, 2.05) is 31.2 Å². The van der Waals surface area contributed by atoms with Gasteiger partial charge in [0.25, 0.3) is 5.91 Å². The van der Waals surface area contributed by atoms with Gasteiger partial charge in [-0.25, -0.2) is 13.2 Å². The highest BCUT2D eigenvalue weighted by Crippen LogP contribution is 2.11. The van der Waals surface area contributed by atoms with Crippen LogP contribution in [0.4, 0.5) is 0 Å². The third-order valence-corrected chi connectivity index (χ3v) is 4.96. The molecule has 0 aromatic heterocycles. The highest BCUT2D eigenvalue weighted by Gasteiger charge is 2.12. The highest BCUT2D eigenvalue weighted by molar-refractivity contribution is 7.90. The Bertz CT molecular complexity index is 888. The zero-order valence-electron chi connectivity index (χ0n) is 14.7. The Hall–Kier alpha value is -2.67. The smallest absolute Gasteiger partial charge is 0.338 e. The van der Waals surface area contributed by atoms with E-state index in [0.717, 1.165) is 17.4 Å². The number of aryl methyl sites for hydroxylation is 1. The van der Waals surface area contributed by atoms with Gasteiger partial charge in [-0.1, -0.05) is 24.3 Å². The minimum absolute atomic E-state index is 0.114. The van der Waals surface area contributed by atoms with Gasteiger partial charge in [0, 0.05) is 12.8 Å². The SMILES string of the molecule is Cc1ccccc1CCNC(=O)COC(=O)c1ccc(S(C)(=O)=O)cc1. The van der Waals surface area contributed by atoms with Crippen LogP contribution in [0.25, 0.3) is 0 Å². The number of esters is 1. The Balaban J connectivity index is 1.78. The van der Waals surface area contributed by atoms with Crippen LogP contribution in [0.2, 0.25) is 0 Å². The third kappa shape index (κ3) is 5.70. The van der Waals surface area contributed by atoms with E-state index < -0.39 is 15.8 Å². The van der Waals surface area contributed by atoms with Crippen molar-refractivity contribution in [2.45, 2.75) is 18.2 Å². The van der Waals surface area contributed by atoms with E-state index in [4.69, 9.17) is 4.74 Å². The van der Waals surface area contributed by atoms with Crippen LogP contribution in [-0.4, -0.2) is 39.7 Å². The minimum Gasteiger partial charge on any atom is -0.452 e. The molecule has 0 heterocycles. The van der Waals surface area contributed by atoms with Gasteiger partial charge in [0.2, 0.25) is 0 Å². The number of carbonyl (C=O) groups is 2. The number of benzene rings is 2. The number of sulfone groups is 1. The maximum absolute atomic E-state index is 11.9. The Morgan fingerprint density at radius 2 is 1.69 bits per heavy atom. The number of hydrogen-bond acceptors (Lipinski definition) is 5. The lowest BCUT2D eigenvalue weighted by atomic mass is 10.1. The maximum atomic E-state index is 11.9. The van der Waals surface area contributed by atoms with Gasteiger partial charge >= 0.3 is 5.97 Å². The summed E-state index contributed by atoms with van der Waals surface area (Å²) in [7, 11) is -3.32. The van der Waals surface area contributed by atoms with Crippen LogP contribution in [0.3, 0.4) is 0 Å². The fourth-order valence-electron chi connectivity index (χ4n) is 2.33. The Labute approximate surface area is 153 Å². The molecule has 0 atom stereocenters. The summed E-state index contributed by atoms with van der Waals surface area (Å²) in [5, 5.41) is 2.70. The van der Waals surface area contributed by atoms with Crippen LogP contribution in [0, 0.1) is 6.92 Å². The van der Waals surface area contributed by atoms with Crippen molar-refractivity contribution in [3.63, 3.8) is 0 Å². The number of hydrogen-bond donors (Lipinski definition) is 1. The summed E-state index contributed by atoms with van der Waals surface area (Å²) in [5.74, 6) is -1.07. The summed E-state index contributed by atoms with van der Waals surface area (Å²) in [6.45, 7) is 2.07. The first-order valence-electron chi connectivity index (χ1n) is 8.06. The second kappa shape index (κ2) is 8.62. The van der Waals surface area contributed by atoms with Crippen molar-refractivity contribution in [3.05, 3.63) is 65.2 Å². The molecule has 0 spiro atoms. The monoisotopic (exact) mass is 375 g/mol. The van der Waals surface area contributed by atoms with Crippen molar-refractivity contribution in [1.82, 2.24) is 5.32 Å². The lowest BCUT2D eigenvalue weighted by molar-refractivity contribution is -0.124. The maximum Gasteiger partial charge on any atom is 0.338 e. The van der Waals surface area contributed by atoms with Crippen molar-refractivity contribution < 1.29 is 22.7 Å². The Morgan fingerprint density at radius 1 is 1.04 bits per heavy atom. The van der Waals surface area contributed by atoms with E-state index in [0.29, 0.717) is 13.0 Å². The normalized spacial score (nSPS) is 11.0. The molecular weight excluding hydrogens is 354 g/mol. The molecule has 2 rings (SSSR count). The molecule has 6 nitrogen and oxygen atoms in total. The predicted octanol–water partition coefficient (Wildman–Crippen LogP) is 1.91. The van der Waals surface area contributed by atoms with Crippen molar-refractivity contribution in [1.29, 1.82) is 0 Å². The van der Waals surface area contributed by atoms with Crippen LogP contribution in [0.15, 0.2) is 53.4 Å². The average Bonchev–Trinajstić information content (AvgIpc) is 2.60. The molecule has 138 valence electrons. The summed E-state index contributed by atoms with van der Waals surface area (Å²) in [6.07, 6.45) is 1.78. The van der Waals surface area contributed by atoms with Gasteiger partial charge in [0.15, 0.2) is 16.4 Å². The molecular formula is C19H21NO5S. The van der Waals surface area contributed by atoms with E-state index >= 15 is 0 Å². The van der Waals surface area contributed by atoms with E-state index in [9.17, 15) is 18.0 Å². The van der Waals surface area contributed by atoms with Gasteiger partial charge in [0.05, 0.1) is 10.5 Å². The van der Waals surface area contributed by atoms with Crippen LogP contribution in [-0.2, 0) is 25.8 Å². The van der Waals surface area contributed by atoms with Gasteiger partial charge in [-0.2, -0.15) is 0 Å². The second-order valence-electron chi connectivity index (χ2n) is 5.90. The van der Waals surface area contributed by atoms with Gasteiger partial charge in [-0.15, -0.1) is 0 Å². The zero-order valence-corrected chi connectivity index (χ0v) is 15.5. The average molecular weight is 375 g/mol. The molecule has 26 heavy (non-hydrogen) atoms. The van der Waals surface area contributed by atoms with Crippen LogP contribution in [0.5, 0.6) is 0 Å². The molecule has 0 fully saturated rings. The molecule has 1 N–H and O–H groups in total. The largest absolute Gasteiger partial charge is 0.452 e. The van der Waals surface area contributed by atoms with Crippen molar-refractivity contribution in [3.8, 4) is 0 Å². The highest BCUT2D eigenvalue weighted by atomic mass is 32.2. The van der Waals surface area contributed by atoms with Gasteiger partial charge in [-0.3, -0.25) is 4.79 Å². The number of nitrogens with one attached hydrogen (secondary N) is 1. The van der Waals surface area contributed by atoms with Crippen LogP contribution in [0.1, 0.15) is 21.5 Å². The van der Waals surface area contributed by atoms with Gasteiger partial charge in [0.1, 0.15) is 0 Å². The molecule has 2 aromatic rings. The number of ether oxygens (including phenoxy) is 1. The first-order chi connectivity index (χ1) is 12.3. The second-order valence-corrected chi connectivity index (χ2v) is 7.91. The standard InChI is InChI=1S/C19H21NO5S/c1-14-5-3-4-6-15(14)11-12-20-18(21)13-25-19(22)16-7-9-17(10-8-16)26(2,23)24/h3-10H,11-13H2,1-2H3,(H,20,21). The summed E-state index contributed by atoms with van der Waals surface area (Å²) in [6, 6.07) is 13.3. The van der Waals surface area contributed by atoms with Gasteiger partial charge in [-0.05, 0) is 48.7 Å². The number of rotatable bonds is 7. The Kier molecular flexibility index (Phi) is 6.52. The molecule has 7 heteroatoms. The molecule has 0 saturated heterocycles. The lowest BCUT2D eigenvalue weighted by Gasteiger charge is -2.08. The fraction of sp³-hybridized carbons (Fsp3) is 0.263. The van der Waals surface area contributed by atoms with Crippen molar-refractivity contribution in [2.75, 3.05) is 19.4 Å². The molecule has 0 aliphatic rings. The Morgan fingerprint density at radius 3 is 2.31 bits per heavy atom. The quantitative estimate of drug-likeness (QED) is 0.747. The summed E-state index contributed by atoms with van der Waals surface area (Å²) in [5.41, 5.74) is 2.49. The van der Waals surface area contributed by atoms with Crippen LogP contribution >= 0.6 is 0 Å². The summed E-state index contributed by atoms with van der Waals surface area (Å²) >= 11 is 0. The minimum atomic E-state index is -3.32. The van der Waals surface area contributed by atoms with E-state index in [2.05, 4.69) is 5.32 Å². The molecule has 0 radical (unpaired) electrons. The third-order valence-electron chi connectivity index (χ3n) is 3.83. The van der Waals surface area contributed by atoms with E-state index in [-0.39, 0.29) is 23.0 Å². The van der Waals surface area contributed by atoms with Crippen LogP contribution < -0.4 is 5.32 Å².